The number of rotatable bonds is 6. The molecule has 0 atom stereocenters. The van der Waals surface area contributed by atoms with E-state index >= 15 is 0 Å². The van der Waals surface area contributed by atoms with Gasteiger partial charge >= 0.3 is 6.09 Å². The van der Waals surface area contributed by atoms with Gasteiger partial charge in [-0.05, 0) is 39.3 Å². The lowest BCUT2D eigenvalue weighted by atomic mass is 10.1. The standard InChI is InChI=1S/C21H34N4O4.HI/c1-16-6-7-17(18(14-16)28-13-12-27-5)15-23-19(22)24-8-10-25(11-9-24)20(26)29-21(2,3)4;/h6-7,14H,8-13,15H2,1-5H3,(H2,22,23);1H. The first kappa shape index (κ1) is 26.3. The third kappa shape index (κ3) is 8.55. The average Bonchev–Trinajstić information content (AvgIpc) is 2.66. The molecule has 1 fully saturated rings. The zero-order valence-corrected chi connectivity index (χ0v) is 21.0. The van der Waals surface area contributed by atoms with Crippen LogP contribution in [0.1, 0.15) is 31.9 Å². The van der Waals surface area contributed by atoms with Gasteiger partial charge in [0.25, 0.3) is 0 Å². The number of ether oxygens (including phenoxy) is 3. The maximum Gasteiger partial charge on any atom is 0.410 e. The molecule has 30 heavy (non-hydrogen) atoms. The minimum absolute atomic E-state index is 0. The maximum atomic E-state index is 12.2. The highest BCUT2D eigenvalue weighted by molar-refractivity contribution is 14.0. The van der Waals surface area contributed by atoms with E-state index in [9.17, 15) is 4.79 Å². The molecule has 2 rings (SSSR count). The zero-order chi connectivity index (χ0) is 21.4. The molecule has 1 saturated heterocycles. The summed E-state index contributed by atoms with van der Waals surface area (Å²) >= 11 is 0. The van der Waals surface area contributed by atoms with Crippen molar-refractivity contribution in [3.63, 3.8) is 0 Å². The summed E-state index contributed by atoms with van der Waals surface area (Å²) in [6, 6.07) is 6.04. The Hall–Kier alpha value is -1.75. The van der Waals surface area contributed by atoms with Gasteiger partial charge in [0.05, 0.1) is 13.2 Å². The molecule has 1 aliphatic heterocycles. The van der Waals surface area contributed by atoms with Crippen molar-refractivity contribution >= 4 is 36.0 Å². The van der Waals surface area contributed by atoms with Crippen LogP contribution in [0.2, 0.25) is 0 Å². The van der Waals surface area contributed by atoms with Crippen LogP contribution < -0.4 is 10.5 Å². The minimum atomic E-state index is -0.494. The molecule has 8 nitrogen and oxygen atoms in total. The summed E-state index contributed by atoms with van der Waals surface area (Å²) in [6.45, 7) is 11.4. The summed E-state index contributed by atoms with van der Waals surface area (Å²) in [4.78, 5) is 20.4. The largest absolute Gasteiger partial charge is 0.491 e. The van der Waals surface area contributed by atoms with E-state index in [0.717, 1.165) is 16.9 Å². The van der Waals surface area contributed by atoms with Gasteiger partial charge in [0, 0.05) is 38.9 Å². The normalized spacial score (nSPS) is 14.9. The van der Waals surface area contributed by atoms with Crippen LogP contribution in [0.15, 0.2) is 23.2 Å². The smallest absolute Gasteiger partial charge is 0.410 e. The first-order valence-corrected chi connectivity index (χ1v) is 9.93. The summed E-state index contributed by atoms with van der Waals surface area (Å²) in [6.07, 6.45) is -0.287. The van der Waals surface area contributed by atoms with Gasteiger partial charge in [-0.25, -0.2) is 9.79 Å². The molecule has 0 aromatic heterocycles. The molecule has 0 saturated carbocycles. The van der Waals surface area contributed by atoms with Gasteiger partial charge in [-0.2, -0.15) is 0 Å². The van der Waals surface area contributed by atoms with Crippen molar-refractivity contribution in [2.75, 3.05) is 46.5 Å². The lowest BCUT2D eigenvalue weighted by Crippen LogP contribution is -2.53. The number of hydrogen-bond acceptors (Lipinski definition) is 5. The molecular weight excluding hydrogens is 499 g/mol. The number of nitrogens with zero attached hydrogens (tertiary/aromatic N) is 3. The van der Waals surface area contributed by atoms with Crippen LogP contribution in [0.4, 0.5) is 4.79 Å². The van der Waals surface area contributed by atoms with Gasteiger partial charge in [-0.15, -0.1) is 24.0 Å². The lowest BCUT2D eigenvalue weighted by molar-refractivity contribution is 0.0186. The Morgan fingerprint density at radius 3 is 2.37 bits per heavy atom. The molecule has 9 heteroatoms. The quantitative estimate of drug-likeness (QED) is 0.261. The number of hydrogen-bond donors (Lipinski definition) is 1. The van der Waals surface area contributed by atoms with Gasteiger partial charge in [0.2, 0.25) is 0 Å². The number of nitrogens with two attached hydrogens (primary N) is 1. The Morgan fingerprint density at radius 1 is 1.13 bits per heavy atom. The molecule has 0 aliphatic carbocycles. The zero-order valence-electron chi connectivity index (χ0n) is 18.6. The highest BCUT2D eigenvalue weighted by Crippen LogP contribution is 2.21. The number of benzene rings is 1. The van der Waals surface area contributed by atoms with E-state index in [1.807, 2.05) is 50.8 Å². The molecule has 0 bridgehead atoms. The van der Waals surface area contributed by atoms with Crippen LogP contribution in [-0.4, -0.2) is 74.0 Å². The molecule has 1 aromatic rings. The Balaban J connectivity index is 0.00000450. The van der Waals surface area contributed by atoms with Gasteiger partial charge in [0.15, 0.2) is 5.96 Å². The van der Waals surface area contributed by atoms with Gasteiger partial charge < -0.3 is 29.7 Å². The summed E-state index contributed by atoms with van der Waals surface area (Å²) in [5.74, 6) is 1.27. The molecule has 2 N–H and O–H groups in total. The van der Waals surface area contributed by atoms with E-state index in [4.69, 9.17) is 19.9 Å². The third-order valence-corrected chi connectivity index (χ3v) is 4.43. The monoisotopic (exact) mass is 534 g/mol. The highest BCUT2D eigenvalue weighted by atomic mass is 127. The molecule has 0 spiro atoms. The van der Waals surface area contributed by atoms with Crippen molar-refractivity contribution in [1.82, 2.24) is 9.80 Å². The Bertz CT molecular complexity index is 713. The van der Waals surface area contributed by atoms with Crippen LogP contribution in [0.5, 0.6) is 5.75 Å². The predicted octanol–water partition coefficient (Wildman–Crippen LogP) is 3.01. The summed E-state index contributed by atoms with van der Waals surface area (Å²) in [5.41, 5.74) is 7.80. The van der Waals surface area contributed by atoms with Crippen LogP contribution in [0.3, 0.4) is 0 Å². The van der Waals surface area contributed by atoms with E-state index in [2.05, 4.69) is 4.99 Å². The first-order valence-electron chi connectivity index (χ1n) is 9.93. The minimum Gasteiger partial charge on any atom is -0.491 e. The fourth-order valence-electron chi connectivity index (χ4n) is 2.87. The van der Waals surface area contributed by atoms with Gasteiger partial charge in [-0.3, -0.25) is 0 Å². The van der Waals surface area contributed by atoms with Crippen molar-refractivity contribution in [2.45, 2.75) is 39.8 Å². The number of carbonyl (C=O) groups excluding carboxylic acids is 1. The molecule has 170 valence electrons. The predicted molar refractivity (Wildman–Crippen MR) is 129 cm³/mol. The Kier molecular flexibility index (Phi) is 10.7. The second-order valence-corrected chi connectivity index (χ2v) is 8.08. The number of halogens is 1. The molecule has 1 heterocycles. The molecule has 1 aliphatic rings. The van der Waals surface area contributed by atoms with Gasteiger partial charge in [-0.1, -0.05) is 12.1 Å². The fraction of sp³-hybridized carbons (Fsp3) is 0.619. The number of aryl methyl sites for hydroxylation is 1. The number of amides is 1. The average molecular weight is 534 g/mol. The molecule has 1 aromatic carbocycles. The van der Waals surface area contributed by atoms with Crippen LogP contribution in [0.25, 0.3) is 0 Å². The van der Waals surface area contributed by atoms with E-state index < -0.39 is 5.60 Å². The van der Waals surface area contributed by atoms with Gasteiger partial charge in [0.1, 0.15) is 18.0 Å². The summed E-state index contributed by atoms with van der Waals surface area (Å²) in [7, 11) is 1.65. The lowest BCUT2D eigenvalue weighted by Gasteiger charge is -2.36. The van der Waals surface area contributed by atoms with E-state index in [1.165, 1.54) is 0 Å². The molecule has 0 radical (unpaired) electrons. The maximum absolute atomic E-state index is 12.2. The van der Waals surface area contributed by atoms with Crippen LogP contribution in [-0.2, 0) is 16.0 Å². The van der Waals surface area contributed by atoms with Crippen molar-refractivity contribution < 1.29 is 19.0 Å². The SMILES string of the molecule is COCCOc1cc(C)ccc1CN=C(N)N1CCN(C(=O)OC(C)(C)C)CC1.I. The number of aliphatic imine (C=N–C) groups is 1. The van der Waals surface area contributed by atoms with Crippen LogP contribution in [0, 0.1) is 6.92 Å². The fourth-order valence-corrected chi connectivity index (χ4v) is 2.87. The second kappa shape index (κ2) is 12.2. The number of carbonyl (C=O) groups is 1. The molecule has 0 unspecified atom stereocenters. The van der Waals surface area contributed by atoms with Crippen molar-refractivity contribution in [3.05, 3.63) is 29.3 Å². The van der Waals surface area contributed by atoms with Crippen molar-refractivity contribution in [1.29, 1.82) is 0 Å². The highest BCUT2D eigenvalue weighted by Gasteiger charge is 2.26. The Labute approximate surface area is 196 Å². The molecule has 1 amide bonds. The van der Waals surface area contributed by atoms with E-state index in [1.54, 1.807) is 12.0 Å². The van der Waals surface area contributed by atoms with E-state index in [-0.39, 0.29) is 30.1 Å². The second-order valence-electron chi connectivity index (χ2n) is 8.08. The summed E-state index contributed by atoms with van der Waals surface area (Å²) < 4.78 is 16.3. The first-order chi connectivity index (χ1) is 13.7. The number of guanidine groups is 1. The van der Waals surface area contributed by atoms with E-state index in [0.29, 0.717) is 51.9 Å². The number of methoxy groups -OCH3 is 1. The Morgan fingerprint density at radius 2 is 1.77 bits per heavy atom. The molecular formula is C21H35IN4O4. The third-order valence-electron chi connectivity index (χ3n) is 4.43. The van der Waals surface area contributed by atoms with Crippen molar-refractivity contribution in [2.24, 2.45) is 10.7 Å². The number of piperazine rings is 1. The van der Waals surface area contributed by atoms with Crippen molar-refractivity contribution in [3.8, 4) is 5.75 Å². The topological polar surface area (TPSA) is 89.6 Å². The summed E-state index contributed by atoms with van der Waals surface area (Å²) in [5, 5.41) is 0. The van der Waals surface area contributed by atoms with Crippen LogP contribution >= 0.6 is 24.0 Å².